The van der Waals surface area contributed by atoms with E-state index in [1.165, 1.54) is 6.33 Å². The summed E-state index contributed by atoms with van der Waals surface area (Å²) in [5.41, 5.74) is 0.934. The van der Waals surface area contributed by atoms with Crippen LogP contribution in [0.5, 0.6) is 0 Å². The summed E-state index contributed by atoms with van der Waals surface area (Å²) in [4.78, 5) is 36.7. The first-order valence-corrected chi connectivity index (χ1v) is 10.2. The second-order valence-corrected chi connectivity index (χ2v) is 7.48. The molecule has 0 bridgehead atoms. The summed E-state index contributed by atoms with van der Waals surface area (Å²) < 4.78 is 0. The molecule has 2 rings (SSSR count). The van der Waals surface area contributed by atoms with Crippen molar-refractivity contribution in [2.45, 2.75) is 57.4 Å². The van der Waals surface area contributed by atoms with Crippen molar-refractivity contribution in [3.63, 3.8) is 0 Å². The van der Waals surface area contributed by atoms with Gasteiger partial charge in [-0.15, -0.1) is 0 Å². The van der Waals surface area contributed by atoms with E-state index in [-0.39, 0.29) is 23.1 Å². The molecule has 6 nitrogen and oxygen atoms in total. The Bertz CT molecular complexity index is 565. The van der Waals surface area contributed by atoms with E-state index in [4.69, 9.17) is 0 Å². The van der Waals surface area contributed by atoms with Gasteiger partial charge in [0.2, 0.25) is 11.8 Å². The van der Waals surface area contributed by atoms with Gasteiger partial charge in [-0.25, -0.2) is 9.97 Å². The van der Waals surface area contributed by atoms with Crippen molar-refractivity contribution in [1.29, 1.82) is 0 Å². The highest BCUT2D eigenvalue weighted by Gasteiger charge is 2.28. The van der Waals surface area contributed by atoms with Gasteiger partial charge in [0.05, 0.1) is 5.25 Å². The molecule has 1 aliphatic heterocycles. The molecule has 2 atom stereocenters. The van der Waals surface area contributed by atoms with E-state index in [1.807, 2.05) is 16.1 Å². The summed E-state index contributed by atoms with van der Waals surface area (Å²) >= 11 is 1.62. The number of nitrogens with zero attached hydrogens (tertiary/aromatic N) is 4. The molecule has 0 saturated carbocycles. The van der Waals surface area contributed by atoms with Crippen molar-refractivity contribution in [2.75, 3.05) is 19.3 Å². The van der Waals surface area contributed by atoms with Crippen LogP contribution in [0.4, 0.5) is 0 Å². The molecule has 1 aromatic rings. The maximum Gasteiger partial charge on any atom is 0.235 e. The van der Waals surface area contributed by atoms with Crippen LogP contribution in [-0.4, -0.2) is 62.2 Å². The van der Waals surface area contributed by atoms with Crippen LogP contribution in [-0.2, 0) is 16.1 Å². The summed E-state index contributed by atoms with van der Waals surface area (Å²) in [5.74, 6) is 0.297. The monoisotopic (exact) mass is 364 g/mol. The molecule has 2 heterocycles. The van der Waals surface area contributed by atoms with Crippen LogP contribution in [0, 0.1) is 0 Å². The molecule has 2 amide bonds. The van der Waals surface area contributed by atoms with E-state index in [2.05, 4.69) is 16.9 Å². The van der Waals surface area contributed by atoms with E-state index in [1.54, 1.807) is 31.1 Å². The summed E-state index contributed by atoms with van der Waals surface area (Å²) in [6.45, 7) is 5.69. The van der Waals surface area contributed by atoms with Gasteiger partial charge in [-0.05, 0) is 31.9 Å². The van der Waals surface area contributed by atoms with Crippen molar-refractivity contribution in [2.24, 2.45) is 0 Å². The fourth-order valence-corrected chi connectivity index (χ4v) is 4.05. The predicted molar refractivity (Wildman–Crippen MR) is 100 cm³/mol. The smallest absolute Gasteiger partial charge is 0.235 e. The molecule has 0 radical (unpaired) electrons. The van der Waals surface area contributed by atoms with Crippen LogP contribution < -0.4 is 0 Å². The fourth-order valence-electron chi connectivity index (χ4n) is 3.36. The van der Waals surface area contributed by atoms with E-state index >= 15 is 0 Å². The minimum atomic E-state index is 0.0435. The number of thioether (sulfide) groups is 1. The Kier molecular flexibility index (Phi) is 7.68. The van der Waals surface area contributed by atoms with Crippen molar-refractivity contribution < 1.29 is 9.59 Å². The zero-order valence-corrected chi connectivity index (χ0v) is 16.2. The standard InChI is InChI=1S/C18H28N4O2S/c1-4-17(25-3)18(24)21-8-5-6-16(7-9-21)22(14(2)23)12-15-10-19-13-20-11-15/h10-11,13,16-17H,4-9,12H2,1-3H3/t16-,17-/m1/s1. The average Bonchev–Trinajstić information content (AvgIpc) is 2.87. The van der Waals surface area contributed by atoms with E-state index in [9.17, 15) is 9.59 Å². The third-order valence-electron chi connectivity index (χ3n) is 4.75. The van der Waals surface area contributed by atoms with Gasteiger partial charge in [-0.2, -0.15) is 11.8 Å². The first-order valence-electron chi connectivity index (χ1n) is 8.89. The molecule has 1 saturated heterocycles. The lowest BCUT2D eigenvalue weighted by Gasteiger charge is -2.30. The lowest BCUT2D eigenvalue weighted by molar-refractivity contribution is -0.132. The lowest BCUT2D eigenvalue weighted by atomic mass is 10.1. The zero-order chi connectivity index (χ0) is 18.2. The van der Waals surface area contributed by atoms with Crippen molar-refractivity contribution in [3.05, 3.63) is 24.3 Å². The zero-order valence-electron chi connectivity index (χ0n) is 15.4. The molecule has 25 heavy (non-hydrogen) atoms. The molecule has 0 aromatic carbocycles. The number of carbonyl (C=O) groups is 2. The number of aromatic nitrogens is 2. The highest BCUT2D eigenvalue weighted by molar-refractivity contribution is 7.99. The first-order chi connectivity index (χ1) is 12.1. The Morgan fingerprint density at radius 3 is 2.64 bits per heavy atom. The number of likely N-dealkylation sites (tertiary alicyclic amines) is 1. The highest BCUT2D eigenvalue weighted by Crippen LogP contribution is 2.22. The third-order valence-corrected chi connectivity index (χ3v) is 5.86. The van der Waals surface area contributed by atoms with Gasteiger partial charge in [0.15, 0.2) is 0 Å². The van der Waals surface area contributed by atoms with Crippen LogP contribution in [0.3, 0.4) is 0 Å². The molecule has 0 spiro atoms. The predicted octanol–water partition coefficient (Wildman–Crippen LogP) is 2.35. The molecule has 0 N–H and O–H groups in total. The summed E-state index contributed by atoms with van der Waals surface area (Å²) in [6, 6.07) is 0.157. The highest BCUT2D eigenvalue weighted by atomic mass is 32.2. The number of amides is 2. The van der Waals surface area contributed by atoms with Crippen LogP contribution in [0.25, 0.3) is 0 Å². The Morgan fingerprint density at radius 1 is 1.32 bits per heavy atom. The quantitative estimate of drug-likeness (QED) is 0.775. The SMILES string of the molecule is CC[C@@H](SC)C(=O)N1CCC[C@@H](N(Cc2cncnc2)C(C)=O)CC1. The maximum atomic E-state index is 12.6. The van der Waals surface area contributed by atoms with Gasteiger partial charge in [-0.1, -0.05) is 6.92 Å². The molecule has 1 aromatic heterocycles. The van der Waals surface area contributed by atoms with Gasteiger partial charge in [-0.3, -0.25) is 9.59 Å². The van der Waals surface area contributed by atoms with Crippen LogP contribution >= 0.6 is 11.8 Å². The second-order valence-electron chi connectivity index (χ2n) is 6.44. The second kappa shape index (κ2) is 9.75. The van der Waals surface area contributed by atoms with Crippen molar-refractivity contribution in [1.82, 2.24) is 19.8 Å². The van der Waals surface area contributed by atoms with Crippen LogP contribution in [0.1, 0.15) is 45.1 Å². The summed E-state index contributed by atoms with van der Waals surface area (Å²) in [7, 11) is 0. The summed E-state index contributed by atoms with van der Waals surface area (Å²) in [5, 5.41) is 0.0435. The molecule has 138 valence electrons. The molecule has 0 aliphatic carbocycles. The van der Waals surface area contributed by atoms with Crippen molar-refractivity contribution >= 4 is 23.6 Å². The number of hydrogen-bond acceptors (Lipinski definition) is 5. The average molecular weight is 365 g/mol. The van der Waals surface area contributed by atoms with Gasteiger partial charge >= 0.3 is 0 Å². The topological polar surface area (TPSA) is 66.4 Å². The first kappa shape index (κ1) is 19.7. The molecule has 1 aliphatic rings. The van der Waals surface area contributed by atoms with E-state index < -0.39 is 0 Å². The maximum absolute atomic E-state index is 12.6. The normalized spacial score (nSPS) is 19.2. The van der Waals surface area contributed by atoms with Gasteiger partial charge in [0.1, 0.15) is 6.33 Å². The van der Waals surface area contributed by atoms with Gasteiger partial charge < -0.3 is 9.80 Å². The summed E-state index contributed by atoms with van der Waals surface area (Å²) in [6.07, 6.45) is 10.5. The van der Waals surface area contributed by atoms with E-state index in [0.717, 1.165) is 44.3 Å². The van der Waals surface area contributed by atoms with Gasteiger partial charge in [0, 0.05) is 50.6 Å². The number of carbonyl (C=O) groups excluding carboxylic acids is 2. The van der Waals surface area contributed by atoms with Crippen LogP contribution in [0.15, 0.2) is 18.7 Å². The van der Waals surface area contributed by atoms with Gasteiger partial charge in [0.25, 0.3) is 0 Å². The molecular weight excluding hydrogens is 336 g/mol. The molecule has 7 heteroatoms. The van der Waals surface area contributed by atoms with E-state index in [0.29, 0.717) is 6.54 Å². The number of hydrogen-bond donors (Lipinski definition) is 0. The third kappa shape index (κ3) is 5.42. The molecule has 1 fully saturated rings. The Hall–Kier alpha value is -1.63. The van der Waals surface area contributed by atoms with Crippen LogP contribution in [0.2, 0.25) is 0 Å². The Morgan fingerprint density at radius 2 is 2.04 bits per heavy atom. The van der Waals surface area contributed by atoms with Crippen molar-refractivity contribution in [3.8, 4) is 0 Å². The minimum Gasteiger partial charge on any atom is -0.342 e. The molecular formula is C18H28N4O2S. The lowest BCUT2D eigenvalue weighted by Crippen LogP contribution is -2.41. The fraction of sp³-hybridized carbons (Fsp3) is 0.667. The Labute approximate surface area is 154 Å². The molecule has 0 unspecified atom stereocenters. The largest absolute Gasteiger partial charge is 0.342 e. The minimum absolute atomic E-state index is 0.0435. The number of rotatable bonds is 6. The Balaban J connectivity index is 2.02.